The van der Waals surface area contributed by atoms with E-state index in [-0.39, 0.29) is 6.04 Å². The van der Waals surface area contributed by atoms with Gasteiger partial charge in [-0.1, -0.05) is 24.3 Å². The fraction of sp³-hybridized carbons (Fsp3) is 0.471. The maximum atomic E-state index is 6.22. The molecule has 1 aromatic heterocycles. The maximum absolute atomic E-state index is 6.22. The molecule has 2 aliphatic rings. The highest BCUT2D eigenvalue weighted by molar-refractivity contribution is 7.15. The van der Waals surface area contributed by atoms with E-state index in [1.807, 2.05) is 11.3 Å². The average molecular weight is 299 g/mol. The van der Waals surface area contributed by atoms with Gasteiger partial charge in [0, 0.05) is 24.0 Å². The summed E-state index contributed by atoms with van der Waals surface area (Å²) >= 11 is 1.86. The molecule has 0 radical (unpaired) electrons. The van der Waals surface area contributed by atoms with Crippen LogP contribution in [-0.2, 0) is 19.4 Å². The van der Waals surface area contributed by atoms with Crippen LogP contribution in [-0.4, -0.2) is 11.5 Å². The molecule has 0 saturated heterocycles. The van der Waals surface area contributed by atoms with Crippen molar-refractivity contribution in [3.8, 4) is 0 Å². The van der Waals surface area contributed by atoms with Gasteiger partial charge in [-0.3, -0.25) is 0 Å². The Balaban J connectivity index is 1.65. The summed E-state index contributed by atoms with van der Waals surface area (Å²) in [6.07, 6.45) is 5.83. The number of hydrogen-bond donors (Lipinski definition) is 1. The summed E-state index contributed by atoms with van der Waals surface area (Å²) in [6.45, 7) is 2.08. The summed E-state index contributed by atoms with van der Waals surface area (Å²) in [5.41, 5.74) is 10.3. The van der Waals surface area contributed by atoms with E-state index in [4.69, 9.17) is 10.7 Å². The monoisotopic (exact) mass is 299 g/mol. The van der Waals surface area contributed by atoms with E-state index >= 15 is 0 Å². The SMILES string of the molecule is NC1CCCc2sc(N3CCCc4ccccc4C3)nc21. The van der Waals surface area contributed by atoms with Crippen molar-refractivity contribution in [2.24, 2.45) is 5.73 Å². The number of nitrogens with zero attached hydrogens (tertiary/aromatic N) is 2. The van der Waals surface area contributed by atoms with Crippen molar-refractivity contribution in [2.75, 3.05) is 11.4 Å². The quantitative estimate of drug-likeness (QED) is 0.877. The number of rotatable bonds is 1. The molecule has 1 atom stereocenters. The van der Waals surface area contributed by atoms with Gasteiger partial charge in [0.1, 0.15) is 0 Å². The average Bonchev–Trinajstić information content (AvgIpc) is 2.82. The summed E-state index contributed by atoms with van der Waals surface area (Å²) in [5.74, 6) is 0. The van der Waals surface area contributed by atoms with Gasteiger partial charge < -0.3 is 10.6 Å². The zero-order valence-electron chi connectivity index (χ0n) is 12.2. The van der Waals surface area contributed by atoms with Crippen LogP contribution in [0.3, 0.4) is 0 Å². The van der Waals surface area contributed by atoms with Crippen molar-refractivity contribution in [1.29, 1.82) is 0 Å². The molecule has 0 amide bonds. The summed E-state index contributed by atoms with van der Waals surface area (Å²) in [6, 6.07) is 8.97. The summed E-state index contributed by atoms with van der Waals surface area (Å²) in [5, 5.41) is 1.18. The van der Waals surface area contributed by atoms with E-state index < -0.39 is 0 Å². The second-order valence-corrected chi connectivity index (χ2v) is 7.16. The first kappa shape index (κ1) is 13.3. The van der Waals surface area contributed by atoms with Crippen LogP contribution in [0.25, 0.3) is 0 Å². The third-order valence-electron chi connectivity index (χ3n) is 4.61. The zero-order chi connectivity index (χ0) is 14.2. The molecular formula is C17H21N3S. The number of aromatic nitrogens is 1. The van der Waals surface area contributed by atoms with Crippen molar-refractivity contribution >= 4 is 16.5 Å². The predicted octanol–water partition coefficient (Wildman–Crippen LogP) is 3.43. The largest absolute Gasteiger partial charge is 0.344 e. The Bertz CT molecular complexity index is 649. The molecule has 3 nitrogen and oxygen atoms in total. The standard InChI is InChI=1S/C17H21N3S/c18-14-8-3-9-15-16(14)19-17(21-15)20-10-4-7-12-5-1-2-6-13(12)11-20/h1-2,5-6,14H,3-4,7-11,18H2. The molecule has 2 aromatic rings. The van der Waals surface area contributed by atoms with Crippen LogP contribution in [0, 0.1) is 0 Å². The molecule has 1 aromatic carbocycles. The van der Waals surface area contributed by atoms with Gasteiger partial charge in [-0.25, -0.2) is 4.98 Å². The lowest BCUT2D eigenvalue weighted by molar-refractivity contribution is 0.563. The van der Waals surface area contributed by atoms with E-state index in [9.17, 15) is 0 Å². The molecule has 2 heterocycles. The van der Waals surface area contributed by atoms with E-state index in [0.717, 1.165) is 25.9 Å². The molecule has 0 fully saturated rings. The summed E-state index contributed by atoms with van der Waals surface area (Å²) in [4.78, 5) is 8.75. The van der Waals surface area contributed by atoms with Gasteiger partial charge in [-0.15, -0.1) is 11.3 Å². The number of anilines is 1. The first-order valence-corrected chi connectivity index (χ1v) is 8.70. The minimum Gasteiger partial charge on any atom is -0.344 e. The molecule has 1 aliphatic heterocycles. The number of benzene rings is 1. The van der Waals surface area contributed by atoms with Gasteiger partial charge in [-0.05, 0) is 43.2 Å². The van der Waals surface area contributed by atoms with Crippen molar-refractivity contribution in [2.45, 2.75) is 44.7 Å². The van der Waals surface area contributed by atoms with Crippen LogP contribution in [0.1, 0.15) is 47.0 Å². The Hall–Kier alpha value is -1.39. The molecule has 2 N–H and O–H groups in total. The molecule has 1 unspecified atom stereocenters. The van der Waals surface area contributed by atoms with Crippen molar-refractivity contribution in [3.63, 3.8) is 0 Å². The highest BCUT2D eigenvalue weighted by Crippen LogP contribution is 2.36. The van der Waals surface area contributed by atoms with E-state index in [0.29, 0.717) is 0 Å². The van der Waals surface area contributed by atoms with E-state index in [1.165, 1.54) is 46.1 Å². The molecule has 21 heavy (non-hydrogen) atoms. The summed E-state index contributed by atoms with van der Waals surface area (Å²) < 4.78 is 0. The van der Waals surface area contributed by atoms with Crippen molar-refractivity contribution in [3.05, 3.63) is 46.0 Å². The lowest BCUT2D eigenvalue weighted by Gasteiger charge is -2.19. The highest BCUT2D eigenvalue weighted by atomic mass is 32.1. The Labute approximate surface area is 129 Å². The van der Waals surface area contributed by atoms with Crippen LogP contribution >= 0.6 is 11.3 Å². The van der Waals surface area contributed by atoms with E-state index in [1.54, 1.807) is 0 Å². The van der Waals surface area contributed by atoms with Crippen molar-refractivity contribution < 1.29 is 0 Å². The van der Waals surface area contributed by atoms with Crippen LogP contribution in [0.4, 0.5) is 5.13 Å². The normalized spacial score (nSPS) is 21.6. The topological polar surface area (TPSA) is 42.1 Å². The Morgan fingerprint density at radius 1 is 1.14 bits per heavy atom. The smallest absolute Gasteiger partial charge is 0.186 e. The predicted molar refractivity (Wildman–Crippen MR) is 87.8 cm³/mol. The maximum Gasteiger partial charge on any atom is 0.186 e. The van der Waals surface area contributed by atoms with Gasteiger partial charge in [0.15, 0.2) is 5.13 Å². The second-order valence-electron chi connectivity index (χ2n) is 6.10. The van der Waals surface area contributed by atoms with Crippen molar-refractivity contribution in [1.82, 2.24) is 4.98 Å². The van der Waals surface area contributed by atoms with Crippen LogP contribution in [0.15, 0.2) is 24.3 Å². The minimum atomic E-state index is 0.151. The van der Waals surface area contributed by atoms with Gasteiger partial charge in [0.25, 0.3) is 0 Å². The molecule has 0 saturated carbocycles. The molecular weight excluding hydrogens is 278 g/mol. The molecule has 0 spiro atoms. The van der Waals surface area contributed by atoms with Crippen LogP contribution < -0.4 is 10.6 Å². The molecule has 4 heteroatoms. The van der Waals surface area contributed by atoms with Gasteiger partial charge >= 0.3 is 0 Å². The first-order valence-electron chi connectivity index (χ1n) is 7.88. The van der Waals surface area contributed by atoms with Crippen LogP contribution in [0.5, 0.6) is 0 Å². The Morgan fingerprint density at radius 3 is 2.86 bits per heavy atom. The zero-order valence-corrected chi connectivity index (χ0v) is 13.0. The number of fused-ring (bicyclic) bond motifs is 2. The third-order valence-corrected chi connectivity index (χ3v) is 5.80. The van der Waals surface area contributed by atoms with Gasteiger partial charge in [0.2, 0.25) is 0 Å². The Morgan fingerprint density at radius 2 is 2.00 bits per heavy atom. The minimum absolute atomic E-state index is 0.151. The lowest BCUT2D eigenvalue weighted by Crippen LogP contribution is -2.22. The van der Waals surface area contributed by atoms with E-state index in [2.05, 4.69) is 29.2 Å². The molecule has 4 rings (SSSR count). The molecule has 110 valence electrons. The second kappa shape index (κ2) is 5.43. The highest BCUT2D eigenvalue weighted by Gasteiger charge is 2.24. The van der Waals surface area contributed by atoms with Gasteiger partial charge in [-0.2, -0.15) is 0 Å². The Kier molecular flexibility index (Phi) is 3.43. The first-order chi connectivity index (χ1) is 10.3. The van der Waals surface area contributed by atoms with Gasteiger partial charge in [0.05, 0.1) is 5.69 Å². The lowest BCUT2D eigenvalue weighted by atomic mass is 9.99. The molecule has 0 bridgehead atoms. The number of aryl methyl sites for hydroxylation is 2. The number of thiazole rings is 1. The fourth-order valence-corrected chi connectivity index (χ4v) is 4.64. The number of nitrogens with two attached hydrogens (primary N) is 1. The van der Waals surface area contributed by atoms with Crippen LogP contribution in [0.2, 0.25) is 0 Å². The number of hydrogen-bond acceptors (Lipinski definition) is 4. The fourth-order valence-electron chi connectivity index (χ4n) is 3.44. The third kappa shape index (κ3) is 2.47. The summed E-state index contributed by atoms with van der Waals surface area (Å²) in [7, 11) is 0. The molecule has 1 aliphatic carbocycles.